The van der Waals surface area contributed by atoms with Crippen molar-refractivity contribution in [1.82, 2.24) is 30.5 Å². The van der Waals surface area contributed by atoms with Crippen LogP contribution in [0.4, 0.5) is 0 Å². The smallest absolute Gasteiger partial charge is 0.105 e. The highest BCUT2D eigenvalue weighted by Gasteiger charge is 2.20. The summed E-state index contributed by atoms with van der Waals surface area (Å²) in [5, 5.41) is 18.6. The van der Waals surface area contributed by atoms with Crippen LogP contribution >= 0.6 is 0 Å². The van der Waals surface area contributed by atoms with Gasteiger partial charge in [-0.1, -0.05) is 25.1 Å². The minimum atomic E-state index is -0.0403. The van der Waals surface area contributed by atoms with Crippen LogP contribution in [-0.2, 0) is 0 Å². The SMILES string of the molecule is CCNC(c1cn[nH]n1)c1ccnn1-c1ccccc1. The Labute approximate surface area is 116 Å². The van der Waals surface area contributed by atoms with E-state index in [1.165, 1.54) is 0 Å². The van der Waals surface area contributed by atoms with Crippen molar-refractivity contribution < 1.29 is 0 Å². The molecule has 0 radical (unpaired) electrons. The van der Waals surface area contributed by atoms with Gasteiger partial charge in [0.1, 0.15) is 5.69 Å². The summed E-state index contributed by atoms with van der Waals surface area (Å²) in [7, 11) is 0. The Kier molecular flexibility index (Phi) is 3.56. The van der Waals surface area contributed by atoms with E-state index in [4.69, 9.17) is 0 Å². The third kappa shape index (κ3) is 2.33. The molecule has 3 aromatic rings. The van der Waals surface area contributed by atoms with Gasteiger partial charge in [-0.05, 0) is 24.7 Å². The van der Waals surface area contributed by atoms with Crippen molar-refractivity contribution in [3.05, 3.63) is 60.2 Å². The largest absolute Gasteiger partial charge is 0.304 e. The molecule has 0 aliphatic carbocycles. The molecule has 3 rings (SSSR count). The molecule has 1 atom stereocenters. The molecule has 0 aliphatic rings. The average molecular weight is 268 g/mol. The second kappa shape index (κ2) is 5.66. The van der Waals surface area contributed by atoms with E-state index < -0.39 is 0 Å². The highest BCUT2D eigenvalue weighted by atomic mass is 15.3. The third-order valence-electron chi connectivity index (χ3n) is 3.11. The van der Waals surface area contributed by atoms with Crippen molar-refractivity contribution in [3.63, 3.8) is 0 Å². The van der Waals surface area contributed by atoms with Crippen molar-refractivity contribution in [2.75, 3.05) is 6.54 Å². The molecule has 1 unspecified atom stereocenters. The van der Waals surface area contributed by atoms with Crippen LogP contribution in [0.25, 0.3) is 5.69 Å². The summed E-state index contributed by atoms with van der Waals surface area (Å²) in [5.41, 5.74) is 2.91. The predicted molar refractivity (Wildman–Crippen MR) is 75.5 cm³/mol. The van der Waals surface area contributed by atoms with Crippen molar-refractivity contribution in [3.8, 4) is 5.69 Å². The predicted octanol–water partition coefficient (Wildman–Crippen LogP) is 1.69. The molecule has 2 N–H and O–H groups in total. The Bertz CT molecular complexity index is 643. The lowest BCUT2D eigenvalue weighted by molar-refractivity contribution is 0.579. The van der Waals surface area contributed by atoms with E-state index in [2.05, 4.69) is 32.7 Å². The molecule has 6 heteroatoms. The van der Waals surface area contributed by atoms with E-state index in [1.807, 2.05) is 41.1 Å². The van der Waals surface area contributed by atoms with Crippen LogP contribution in [0.3, 0.4) is 0 Å². The molecule has 20 heavy (non-hydrogen) atoms. The zero-order valence-corrected chi connectivity index (χ0v) is 11.2. The number of aromatic nitrogens is 5. The zero-order chi connectivity index (χ0) is 13.8. The fourth-order valence-electron chi connectivity index (χ4n) is 2.23. The number of hydrogen-bond acceptors (Lipinski definition) is 4. The van der Waals surface area contributed by atoms with Gasteiger partial charge in [0, 0.05) is 6.20 Å². The van der Waals surface area contributed by atoms with E-state index in [0.29, 0.717) is 0 Å². The van der Waals surface area contributed by atoms with Crippen molar-refractivity contribution in [2.24, 2.45) is 0 Å². The van der Waals surface area contributed by atoms with E-state index in [-0.39, 0.29) is 6.04 Å². The summed E-state index contributed by atoms with van der Waals surface area (Å²) in [4.78, 5) is 0. The monoisotopic (exact) mass is 268 g/mol. The maximum atomic E-state index is 4.42. The van der Waals surface area contributed by atoms with Gasteiger partial charge in [0.05, 0.1) is 23.6 Å². The molecule has 0 saturated heterocycles. The average Bonchev–Trinajstić information content (AvgIpc) is 3.17. The van der Waals surface area contributed by atoms with Gasteiger partial charge in [0.2, 0.25) is 0 Å². The molecule has 2 aromatic heterocycles. The number of nitrogens with zero attached hydrogens (tertiary/aromatic N) is 4. The molecule has 0 fully saturated rings. The number of H-pyrrole nitrogens is 1. The maximum Gasteiger partial charge on any atom is 0.105 e. The van der Waals surface area contributed by atoms with E-state index in [0.717, 1.165) is 23.6 Å². The summed E-state index contributed by atoms with van der Waals surface area (Å²) >= 11 is 0. The first kappa shape index (κ1) is 12.6. The number of benzene rings is 1. The Morgan fingerprint density at radius 2 is 2.10 bits per heavy atom. The molecular weight excluding hydrogens is 252 g/mol. The Morgan fingerprint density at radius 1 is 1.25 bits per heavy atom. The summed E-state index contributed by atoms with van der Waals surface area (Å²) in [5.74, 6) is 0. The van der Waals surface area contributed by atoms with Crippen molar-refractivity contribution in [1.29, 1.82) is 0 Å². The lowest BCUT2D eigenvalue weighted by atomic mass is 10.1. The number of para-hydroxylation sites is 1. The van der Waals surface area contributed by atoms with Gasteiger partial charge in [-0.2, -0.15) is 20.5 Å². The number of aromatic amines is 1. The molecule has 0 aliphatic heterocycles. The molecule has 102 valence electrons. The minimum absolute atomic E-state index is 0.0403. The van der Waals surface area contributed by atoms with Gasteiger partial charge in [0.15, 0.2) is 0 Å². The van der Waals surface area contributed by atoms with E-state index in [9.17, 15) is 0 Å². The van der Waals surface area contributed by atoms with Crippen LogP contribution < -0.4 is 5.32 Å². The van der Waals surface area contributed by atoms with Gasteiger partial charge in [-0.25, -0.2) is 4.68 Å². The van der Waals surface area contributed by atoms with Crippen LogP contribution in [0, 0.1) is 0 Å². The molecule has 6 nitrogen and oxygen atoms in total. The number of rotatable bonds is 5. The van der Waals surface area contributed by atoms with E-state index in [1.54, 1.807) is 12.4 Å². The number of hydrogen-bond donors (Lipinski definition) is 2. The first-order valence-electron chi connectivity index (χ1n) is 6.58. The maximum absolute atomic E-state index is 4.42. The van der Waals surface area contributed by atoms with Gasteiger partial charge < -0.3 is 5.32 Å². The fraction of sp³-hybridized carbons (Fsp3) is 0.214. The van der Waals surface area contributed by atoms with Crippen LogP contribution in [0.15, 0.2) is 48.8 Å². The van der Waals surface area contributed by atoms with Crippen LogP contribution in [-0.4, -0.2) is 31.7 Å². The molecule has 0 bridgehead atoms. The lowest BCUT2D eigenvalue weighted by Gasteiger charge is -2.17. The molecule has 0 saturated carbocycles. The zero-order valence-electron chi connectivity index (χ0n) is 11.2. The summed E-state index contributed by atoms with van der Waals surface area (Å²) in [6.45, 7) is 2.90. The first-order chi connectivity index (χ1) is 9.90. The standard InChI is InChI=1S/C14H16N6/c1-2-15-14(12-10-16-19-18-12)13-8-9-17-20(13)11-6-4-3-5-7-11/h3-10,14-15H,2H2,1H3,(H,16,18,19). The quantitative estimate of drug-likeness (QED) is 0.738. The molecular formula is C14H16N6. The molecule has 0 amide bonds. The Morgan fingerprint density at radius 3 is 2.80 bits per heavy atom. The molecule has 2 heterocycles. The summed E-state index contributed by atoms with van der Waals surface area (Å²) in [6.07, 6.45) is 3.53. The highest BCUT2D eigenvalue weighted by Crippen LogP contribution is 2.21. The van der Waals surface area contributed by atoms with Crippen LogP contribution in [0.1, 0.15) is 24.4 Å². The third-order valence-corrected chi connectivity index (χ3v) is 3.11. The Balaban J connectivity index is 2.03. The summed E-state index contributed by atoms with van der Waals surface area (Å²) in [6, 6.07) is 12.0. The fourth-order valence-corrected chi connectivity index (χ4v) is 2.23. The first-order valence-corrected chi connectivity index (χ1v) is 6.58. The van der Waals surface area contributed by atoms with Crippen molar-refractivity contribution in [2.45, 2.75) is 13.0 Å². The van der Waals surface area contributed by atoms with Crippen LogP contribution in [0.2, 0.25) is 0 Å². The Hall–Kier alpha value is -2.47. The normalized spacial score (nSPS) is 12.4. The summed E-state index contributed by atoms with van der Waals surface area (Å²) < 4.78 is 1.92. The highest BCUT2D eigenvalue weighted by molar-refractivity contribution is 5.34. The second-order valence-electron chi connectivity index (χ2n) is 4.39. The van der Waals surface area contributed by atoms with Crippen LogP contribution in [0.5, 0.6) is 0 Å². The minimum Gasteiger partial charge on any atom is -0.304 e. The molecule has 1 aromatic carbocycles. The number of nitrogens with one attached hydrogen (secondary N) is 2. The second-order valence-corrected chi connectivity index (χ2v) is 4.39. The van der Waals surface area contributed by atoms with Gasteiger partial charge in [-0.3, -0.25) is 0 Å². The van der Waals surface area contributed by atoms with E-state index >= 15 is 0 Å². The van der Waals surface area contributed by atoms with Gasteiger partial charge in [0.25, 0.3) is 0 Å². The lowest BCUT2D eigenvalue weighted by Crippen LogP contribution is -2.25. The van der Waals surface area contributed by atoms with Crippen molar-refractivity contribution >= 4 is 0 Å². The van der Waals surface area contributed by atoms with Gasteiger partial charge >= 0.3 is 0 Å². The topological polar surface area (TPSA) is 71.4 Å². The molecule has 0 spiro atoms. The van der Waals surface area contributed by atoms with Gasteiger partial charge in [-0.15, -0.1) is 0 Å².